The van der Waals surface area contributed by atoms with Gasteiger partial charge in [-0.3, -0.25) is 15.5 Å². The maximum Gasteiger partial charge on any atom is 0.217 e. The van der Waals surface area contributed by atoms with Crippen LogP contribution in [0.1, 0.15) is 88.9 Å². The van der Waals surface area contributed by atoms with Gasteiger partial charge < -0.3 is 15.4 Å². The van der Waals surface area contributed by atoms with Crippen molar-refractivity contribution in [2.24, 2.45) is 11.1 Å². The number of nitrogens with one attached hydrogen (secondary N) is 2. The second-order valence-electron chi connectivity index (χ2n) is 10.2. The van der Waals surface area contributed by atoms with E-state index in [4.69, 9.17) is 15.9 Å². The zero-order valence-electron chi connectivity index (χ0n) is 19.6. The zero-order chi connectivity index (χ0) is 22.6. The molecule has 0 aromatic heterocycles. The number of nitrogens with zero attached hydrogens (tertiary/aromatic N) is 1. The lowest BCUT2D eigenvalue weighted by molar-refractivity contribution is -0.118. The van der Waals surface area contributed by atoms with Crippen molar-refractivity contribution < 1.29 is 9.53 Å². The van der Waals surface area contributed by atoms with Crippen LogP contribution in [0.3, 0.4) is 0 Å². The average Bonchev–Trinajstić information content (AvgIpc) is 2.71. The first-order valence-corrected chi connectivity index (χ1v) is 11.7. The molecule has 2 aliphatic rings. The highest BCUT2D eigenvalue weighted by Gasteiger charge is 2.37. The van der Waals surface area contributed by atoms with Crippen LogP contribution in [0.2, 0.25) is 0 Å². The Kier molecular flexibility index (Phi) is 7.76. The second kappa shape index (κ2) is 10.1. The molecule has 1 saturated heterocycles. The maximum atomic E-state index is 11.1. The van der Waals surface area contributed by atoms with Crippen molar-refractivity contribution in [2.45, 2.75) is 90.0 Å². The number of nitrogens with two attached hydrogens (primary N) is 1. The van der Waals surface area contributed by atoms with E-state index in [9.17, 15) is 4.79 Å². The summed E-state index contributed by atoms with van der Waals surface area (Å²) >= 11 is 0. The molecule has 1 heterocycles. The van der Waals surface area contributed by atoms with Gasteiger partial charge in [0, 0.05) is 19.4 Å². The van der Waals surface area contributed by atoms with E-state index in [1.165, 1.54) is 11.1 Å². The van der Waals surface area contributed by atoms with Crippen LogP contribution in [-0.4, -0.2) is 42.5 Å². The molecule has 1 amide bonds. The first-order valence-electron chi connectivity index (χ1n) is 11.7. The number of amidine groups is 1. The number of piperidine rings is 1. The molecule has 1 aromatic carbocycles. The molecule has 31 heavy (non-hydrogen) atoms. The van der Waals surface area contributed by atoms with Gasteiger partial charge in [-0.25, -0.2) is 0 Å². The Bertz CT molecular complexity index is 773. The SMILES string of the molecule is CNC(N1CC(OC2CCC(CCCC(N)=O)c3ccccc32)CCC1=N)C(C)(C)C. The number of rotatable bonds is 8. The Morgan fingerprint density at radius 3 is 2.61 bits per heavy atom. The number of likely N-dealkylation sites (tertiary alicyclic amines) is 1. The number of carbonyl (C=O) groups is 1. The summed E-state index contributed by atoms with van der Waals surface area (Å²) in [4.78, 5) is 13.3. The van der Waals surface area contributed by atoms with Crippen molar-refractivity contribution in [1.29, 1.82) is 5.41 Å². The fraction of sp³-hybridized carbons (Fsp3) is 0.680. The van der Waals surface area contributed by atoms with Gasteiger partial charge in [-0.1, -0.05) is 45.0 Å². The molecule has 1 aliphatic heterocycles. The number of hydrogen-bond acceptors (Lipinski definition) is 4. The van der Waals surface area contributed by atoms with Crippen LogP contribution in [0.4, 0.5) is 0 Å². The predicted molar refractivity (Wildman–Crippen MR) is 125 cm³/mol. The molecule has 3 rings (SSSR count). The molecule has 4 N–H and O–H groups in total. The Hall–Kier alpha value is -1.92. The lowest BCUT2D eigenvalue weighted by Crippen LogP contribution is -2.58. The fourth-order valence-corrected chi connectivity index (χ4v) is 5.33. The highest BCUT2D eigenvalue weighted by molar-refractivity contribution is 5.80. The fourth-order valence-electron chi connectivity index (χ4n) is 5.33. The van der Waals surface area contributed by atoms with Crippen molar-refractivity contribution in [3.8, 4) is 0 Å². The maximum absolute atomic E-state index is 11.1. The summed E-state index contributed by atoms with van der Waals surface area (Å²) in [6.45, 7) is 7.38. The molecule has 1 fully saturated rings. The minimum atomic E-state index is -0.215. The minimum absolute atomic E-state index is 0.0263. The summed E-state index contributed by atoms with van der Waals surface area (Å²) in [6.07, 6.45) is 6.37. The van der Waals surface area contributed by atoms with Crippen LogP contribution in [0.15, 0.2) is 24.3 Å². The number of hydrogen-bond donors (Lipinski definition) is 3. The van der Waals surface area contributed by atoms with Gasteiger partial charge in [0.15, 0.2) is 0 Å². The van der Waals surface area contributed by atoms with Crippen molar-refractivity contribution in [2.75, 3.05) is 13.6 Å². The minimum Gasteiger partial charge on any atom is -0.370 e. The quantitative estimate of drug-likeness (QED) is 0.575. The van der Waals surface area contributed by atoms with Gasteiger partial charge in [0.05, 0.1) is 24.2 Å². The number of ether oxygens (including phenoxy) is 1. The third kappa shape index (κ3) is 5.86. The van der Waals surface area contributed by atoms with Gasteiger partial charge in [0.2, 0.25) is 5.91 Å². The monoisotopic (exact) mass is 428 g/mol. The third-order valence-electron chi connectivity index (χ3n) is 6.75. The summed E-state index contributed by atoms with van der Waals surface area (Å²) < 4.78 is 6.70. The van der Waals surface area contributed by atoms with Gasteiger partial charge in [-0.2, -0.15) is 0 Å². The van der Waals surface area contributed by atoms with E-state index in [2.05, 4.69) is 55.3 Å². The van der Waals surface area contributed by atoms with E-state index in [1.54, 1.807) is 0 Å². The number of primary amides is 1. The highest BCUT2D eigenvalue weighted by Crippen LogP contribution is 2.42. The van der Waals surface area contributed by atoms with E-state index in [-0.39, 0.29) is 29.7 Å². The van der Waals surface area contributed by atoms with Gasteiger partial charge >= 0.3 is 0 Å². The number of fused-ring (bicyclic) bond motifs is 1. The topological polar surface area (TPSA) is 91.4 Å². The van der Waals surface area contributed by atoms with E-state index in [1.807, 2.05) is 7.05 Å². The molecular weight excluding hydrogens is 388 g/mol. The average molecular weight is 429 g/mol. The summed E-state index contributed by atoms with van der Waals surface area (Å²) in [5.41, 5.74) is 8.02. The molecule has 0 radical (unpaired) electrons. The lowest BCUT2D eigenvalue weighted by atomic mass is 9.78. The van der Waals surface area contributed by atoms with Gasteiger partial charge in [-0.15, -0.1) is 0 Å². The van der Waals surface area contributed by atoms with E-state index < -0.39 is 0 Å². The van der Waals surface area contributed by atoms with Crippen molar-refractivity contribution in [3.63, 3.8) is 0 Å². The molecule has 172 valence electrons. The van der Waals surface area contributed by atoms with Gasteiger partial charge in [-0.05, 0) is 61.6 Å². The third-order valence-corrected chi connectivity index (χ3v) is 6.75. The Morgan fingerprint density at radius 2 is 1.97 bits per heavy atom. The van der Waals surface area contributed by atoms with Crippen molar-refractivity contribution in [3.05, 3.63) is 35.4 Å². The van der Waals surface area contributed by atoms with Crippen LogP contribution >= 0.6 is 0 Å². The number of benzene rings is 1. The Morgan fingerprint density at radius 1 is 1.26 bits per heavy atom. The summed E-state index contributed by atoms with van der Waals surface area (Å²) in [7, 11) is 1.98. The first kappa shape index (κ1) is 23.7. The largest absolute Gasteiger partial charge is 0.370 e. The van der Waals surface area contributed by atoms with Crippen LogP contribution in [0, 0.1) is 10.8 Å². The summed E-state index contributed by atoms with van der Waals surface area (Å²) in [5.74, 6) is 0.960. The van der Waals surface area contributed by atoms with E-state index in [0.29, 0.717) is 18.2 Å². The Balaban J connectivity index is 1.69. The molecule has 4 unspecified atom stereocenters. The normalized spacial score (nSPS) is 25.2. The summed E-state index contributed by atoms with van der Waals surface area (Å²) in [5, 5.41) is 11.9. The molecule has 0 spiro atoms. The van der Waals surface area contributed by atoms with Crippen LogP contribution in [0.5, 0.6) is 0 Å². The molecule has 0 saturated carbocycles. The molecule has 4 atom stereocenters. The molecule has 6 heteroatoms. The molecule has 1 aliphatic carbocycles. The van der Waals surface area contributed by atoms with E-state index in [0.717, 1.165) is 45.1 Å². The predicted octanol–water partition coefficient (Wildman–Crippen LogP) is 4.31. The van der Waals surface area contributed by atoms with Crippen molar-refractivity contribution >= 4 is 11.7 Å². The summed E-state index contributed by atoms with van der Waals surface area (Å²) in [6, 6.07) is 8.63. The van der Waals surface area contributed by atoms with E-state index >= 15 is 0 Å². The van der Waals surface area contributed by atoms with Crippen LogP contribution in [0.25, 0.3) is 0 Å². The zero-order valence-corrected chi connectivity index (χ0v) is 19.6. The first-order chi connectivity index (χ1) is 14.7. The van der Waals surface area contributed by atoms with Crippen molar-refractivity contribution in [1.82, 2.24) is 10.2 Å². The standard InChI is InChI=1S/C25H40N4O2/c1-25(2,3)24(28-4)29-16-18(13-15-22(29)26)31-21-14-12-17(8-7-11-23(27)30)19-9-5-6-10-20(19)21/h5-6,9-10,17-18,21,24,26,28H,7-8,11-16H2,1-4H3,(H2,27,30). The lowest BCUT2D eigenvalue weighted by Gasteiger charge is -2.46. The molecular formula is C25H40N4O2. The van der Waals surface area contributed by atoms with Gasteiger partial charge in [0.25, 0.3) is 0 Å². The smallest absolute Gasteiger partial charge is 0.217 e. The highest BCUT2D eigenvalue weighted by atomic mass is 16.5. The van der Waals surface area contributed by atoms with Gasteiger partial charge in [0.1, 0.15) is 0 Å². The molecule has 0 bridgehead atoms. The van der Waals surface area contributed by atoms with Crippen LogP contribution < -0.4 is 11.1 Å². The Labute approximate surface area is 187 Å². The molecule has 6 nitrogen and oxygen atoms in total. The number of amides is 1. The second-order valence-corrected chi connectivity index (χ2v) is 10.2. The number of carbonyl (C=O) groups excluding carboxylic acids is 1. The van der Waals surface area contributed by atoms with Crippen LogP contribution in [-0.2, 0) is 9.53 Å². The molecule has 1 aromatic rings.